The monoisotopic (exact) mass is 634 g/mol. The van der Waals surface area contributed by atoms with E-state index >= 15 is 0 Å². The third-order valence-corrected chi connectivity index (χ3v) is 7.27. The molecule has 0 atom stereocenters. The predicted molar refractivity (Wildman–Crippen MR) is 207 cm³/mol. The third kappa shape index (κ3) is 12.8. The number of nitrogens with zero attached hydrogens (tertiary/aromatic N) is 1. The van der Waals surface area contributed by atoms with Crippen molar-refractivity contribution >= 4 is 0 Å². The number of aryl methyl sites for hydroxylation is 1. The Hall–Kier alpha value is -4.75. The van der Waals surface area contributed by atoms with Gasteiger partial charge in [0.25, 0.3) is 0 Å². The number of pyridine rings is 1. The minimum absolute atomic E-state index is 0.328. The normalized spacial score (nSPS) is 11.0. The maximum atomic E-state index is 2.26. The van der Waals surface area contributed by atoms with Crippen molar-refractivity contribution in [3.05, 3.63) is 210 Å². The van der Waals surface area contributed by atoms with E-state index in [2.05, 4.69) is 200 Å². The Balaban J connectivity index is 0.000000222. The molecular weight excluding hydrogens is 579 g/mol. The summed E-state index contributed by atoms with van der Waals surface area (Å²) in [5.41, 5.74) is 7.11. The molecule has 0 aliphatic rings. The van der Waals surface area contributed by atoms with Crippen molar-refractivity contribution in [2.24, 2.45) is 17.9 Å². The van der Waals surface area contributed by atoms with E-state index in [9.17, 15) is 0 Å². The molecule has 1 nitrogen and oxygen atoms in total. The lowest BCUT2D eigenvalue weighted by Crippen LogP contribution is -2.30. The summed E-state index contributed by atoms with van der Waals surface area (Å²) in [5.74, 6) is 0. The zero-order valence-electron chi connectivity index (χ0n) is 30.5. The average molecular weight is 635 g/mol. The van der Waals surface area contributed by atoms with E-state index in [0.29, 0.717) is 10.8 Å². The fourth-order valence-corrected chi connectivity index (χ4v) is 5.45. The summed E-state index contributed by atoms with van der Waals surface area (Å²) in [7, 11) is 2.00. The molecule has 1 heteroatoms. The molecule has 1 heterocycles. The molecule has 6 rings (SSSR count). The molecule has 48 heavy (non-hydrogen) atoms. The first-order chi connectivity index (χ1) is 22.9. The van der Waals surface area contributed by atoms with Crippen molar-refractivity contribution < 1.29 is 4.57 Å². The van der Waals surface area contributed by atoms with Crippen molar-refractivity contribution in [1.29, 1.82) is 0 Å². The molecule has 248 valence electrons. The highest BCUT2D eigenvalue weighted by Crippen LogP contribution is 2.44. The first kappa shape index (κ1) is 37.7. The molecule has 6 aromatic rings. The number of hydrogen-bond acceptors (Lipinski definition) is 0. The Morgan fingerprint density at radius 1 is 0.375 bits per heavy atom. The minimum Gasteiger partial charge on any atom is -0.208 e. The second kappa shape index (κ2) is 18.6. The van der Waals surface area contributed by atoms with E-state index in [-0.39, 0.29) is 5.41 Å². The van der Waals surface area contributed by atoms with Crippen LogP contribution in [0.1, 0.15) is 76.3 Å². The molecule has 0 unspecified atom stereocenters. The highest BCUT2D eigenvalue weighted by Gasteiger charge is 2.37. The molecule has 0 radical (unpaired) electrons. The summed E-state index contributed by atoms with van der Waals surface area (Å²) in [5, 5.41) is 0. The lowest BCUT2D eigenvalue weighted by atomic mass is 9.65. The van der Waals surface area contributed by atoms with Crippen LogP contribution in [0.2, 0.25) is 0 Å². The molecule has 0 aliphatic carbocycles. The van der Waals surface area contributed by atoms with Gasteiger partial charge >= 0.3 is 0 Å². The molecule has 0 fully saturated rings. The zero-order chi connectivity index (χ0) is 34.9. The van der Waals surface area contributed by atoms with Gasteiger partial charge in [-0.05, 0) is 45.1 Å². The summed E-state index contributed by atoms with van der Waals surface area (Å²) < 4.78 is 2.00. The standard InChI is InChI=1S/C25H20.C11H16.C6H8N.C5H12/c1-5-13-21(14-6-1)25(22-15-7-2-8-16-22,23-17-9-3-10-18-23)24-19-11-4-12-20-24;1-11(2,3)9-10-7-5-4-6-8-10;1-7-5-3-2-4-6-7;1-5(2,3)4/h1-20H;4-8H,9H2,1-3H3;2-6H,1H3;1-4H3/q;;+1;. The fraction of sp³-hybridized carbons (Fsp3) is 0.255. The maximum Gasteiger partial charge on any atom is 0.168 e. The minimum atomic E-state index is -0.328. The van der Waals surface area contributed by atoms with Crippen molar-refractivity contribution in [2.45, 2.75) is 60.3 Å². The molecule has 0 spiro atoms. The first-order valence-corrected chi connectivity index (χ1v) is 17.1. The van der Waals surface area contributed by atoms with Crippen molar-refractivity contribution in [3.8, 4) is 0 Å². The number of aromatic nitrogens is 1. The molecule has 0 N–H and O–H groups in total. The second-order valence-electron chi connectivity index (χ2n) is 15.0. The predicted octanol–water partition coefficient (Wildman–Crippen LogP) is 11.9. The van der Waals surface area contributed by atoms with Crippen LogP contribution in [0, 0.1) is 10.8 Å². The Labute approximate surface area is 292 Å². The van der Waals surface area contributed by atoms with Crippen LogP contribution in [0.25, 0.3) is 0 Å². The topological polar surface area (TPSA) is 3.88 Å². The van der Waals surface area contributed by atoms with Gasteiger partial charge in [0.15, 0.2) is 12.4 Å². The van der Waals surface area contributed by atoms with Gasteiger partial charge in [0.2, 0.25) is 0 Å². The molecule has 0 saturated heterocycles. The van der Waals surface area contributed by atoms with E-state index in [1.54, 1.807) is 0 Å². The molecule has 1 aromatic heterocycles. The zero-order valence-corrected chi connectivity index (χ0v) is 30.5. The van der Waals surface area contributed by atoms with E-state index in [4.69, 9.17) is 0 Å². The number of rotatable bonds is 5. The smallest absolute Gasteiger partial charge is 0.168 e. The van der Waals surface area contributed by atoms with Gasteiger partial charge in [-0.15, -0.1) is 0 Å². The Bertz CT molecular complexity index is 1500. The lowest BCUT2D eigenvalue weighted by molar-refractivity contribution is -0.671. The largest absolute Gasteiger partial charge is 0.208 e. The van der Waals surface area contributed by atoms with Gasteiger partial charge in [0, 0.05) is 12.1 Å². The summed E-state index contributed by atoms with van der Waals surface area (Å²) in [6.45, 7) is 15.5. The van der Waals surface area contributed by atoms with Crippen LogP contribution in [0.5, 0.6) is 0 Å². The Morgan fingerprint density at radius 2 is 0.625 bits per heavy atom. The van der Waals surface area contributed by atoms with Crippen LogP contribution >= 0.6 is 0 Å². The molecular formula is C47H56N+. The van der Waals surface area contributed by atoms with Crippen molar-refractivity contribution in [2.75, 3.05) is 0 Å². The van der Waals surface area contributed by atoms with Crippen LogP contribution in [0.4, 0.5) is 0 Å². The van der Waals surface area contributed by atoms with Crippen LogP contribution in [0.3, 0.4) is 0 Å². The van der Waals surface area contributed by atoms with E-state index in [1.165, 1.54) is 27.8 Å². The molecule has 0 amide bonds. The van der Waals surface area contributed by atoms with Gasteiger partial charge in [-0.25, -0.2) is 4.57 Å². The molecule has 0 saturated carbocycles. The summed E-state index contributed by atoms with van der Waals surface area (Å²) in [4.78, 5) is 0. The third-order valence-electron chi connectivity index (χ3n) is 7.27. The van der Waals surface area contributed by atoms with Crippen LogP contribution in [-0.4, -0.2) is 0 Å². The van der Waals surface area contributed by atoms with Crippen molar-refractivity contribution in [1.82, 2.24) is 0 Å². The Kier molecular flexibility index (Phi) is 14.6. The lowest BCUT2D eigenvalue weighted by Gasteiger charge is -2.36. The summed E-state index contributed by atoms with van der Waals surface area (Å²) in [6, 6.07) is 59.8. The number of benzene rings is 5. The van der Waals surface area contributed by atoms with Gasteiger partial charge in [-0.3, -0.25) is 0 Å². The Morgan fingerprint density at radius 3 is 0.854 bits per heavy atom. The molecule has 5 aromatic carbocycles. The van der Waals surface area contributed by atoms with Gasteiger partial charge in [-0.1, -0.05) is 206 Å². The SMILES string of the molecule is CC(C)(C)C.CC(C)(C)Cc1ccccc1.C[n+]1ccccc1.c1ccc(C(c2ccccc2)(c2ccccc2)c2ccccc2)cc1. The molecule has 0 bridgehead atoms. The van der Waals surface area contributed by atoms with E-state index < -0.39 is 0 Å². The van der Waals surface area contributed by atoms with Crippen LogP contribution in [-0.2, 0) is 18.9 Å². The molecule has 0 aliphatic heterocycles. The van der Waals surface area contributed by atoms with Crippen LogP contribution in [0.15, 0.2) is 182 Å². The maximum absolute atomic E-state index is 2.26. The highest BCUT2D eigenvalue weighted by molar-refractivity contribution is 5.59. The highest BCUT2D eigenvalue weighted by atomic mass is 14.9. The van der Waals surface area contributed by atoms with E-state index in [0.717, 1.165) is 6.42 Å². The average Bonchev–Trinajstić information content (AvgIpc) is 3.07. The first-order valence-electron chi connectivity index (χ1n) is 17.1. The fourth-order valence-electron chi connectivity index (χ4n) is 5.45. The van der Waals surface area contributed by atoms with Gasteiger partial charge < -0.3 is 0 Å². The van der Waals surface area contributed by atoms with Gasteiger partial charge in [0.1, 0.15) is 7.05 Å². The second-order valence-corrected chi connectivity index (χ2v) is 15.0. The van der Waals surface area contributed by atoms with Crippen molar-refractivity contribution in [3.63, 3.8) is 0 Å². The summed E-state index contributed by atoms with van der Waals surface area (Å²) >= 11 is 0. The van der Waals surface area contributed by atoms with E-state index in [1.807, 2.05) is 42.2 Å². The summed E-state index contributed by atoms with van der Waals surface area (Å²) in [6.07, 6.45) is 5.16. The van der Waals surface area contributed by atoms with Crippen LogP contribution < -0.4 is 4.57 Å². The van der Waals surface area contributed by atoms with Gasteiger partial charge in [0.05, 0.1) is 5.41 Å². The quantitative estimate of drug-likeness (QED) is 0.131. The van der Waals surface area contributed by atoms with Gasteiger partial charge in [-0.2, -0.15) is 0 Å². The number of hydrogen-bond donors (Lipinski definition) is 0.